The van der Waals surface area contributed by atoms with Crippen LogP contribution in [0.15, 0.2) is 57.9 Å². The molecule has 1 aliphatic heterocycles. The van der Waals surface area contributed by atoms with Gasteiger partial charge in [-0.15, -0.1) is 0 Å². The van der Waals surface area contributed by atoms with Gasteiger partial charge in [0.25, 0.3) is 0 Å². The Bertz CT molecular complexity index is 1120. The molecule has 0 saturated carbocycles. The zero-order valence-corrected chi connectivity index (χ0v) is 17.5. The number of aromatic nitrogens is 2. The standard InChI is InChI=1S/C21H23FN4O3S/c1-16-5-2-3-6-19(16)21-23-20(29-24-21)15-25-11-4-12-26(14-13-25)30(27,28)18-9-7-17(22)8-10-18/h2-3,5-10H,4,11-15H2,1H3. The lowest BCUT2D eigenvalue weighted by Gasteiger charge is -2.20. The summed E-state index contributed by atoms with van der Waals surface area (Å²) in [5.41, 5.74) is 2.00. The topological polar surface area (TPSA) is 79.5 Å². The average molecular weight is 431 g/mol. The van der Waals surface area contributed by atoms with Gasteiger partial charge in [-0.05, 0) is 49.7 Å². The molecule has 0 N–H and O–H groups in total. The van der Waals surface area contributed by atoms with E-state index in [1.807, 2.05) is 31.2 Å². The maximum atomic E-state index is 13.1. The Morgan fingerprint density at radius 3 is 2.57 bits per heavy atom. The van der Waals surface area contributed by atoms with Crippen molar-refractivity contribution in [2.24, 2.45) is 0 Å². The first-order chi connectivity index (χ1) is 14.4. The Labute approximate surface area is 175 Å². The summed E-state index contributed by atoms with van der Waals surface area (Å²) in [5, 5.41) is 4.09. The van der Waals surface area contributed by atoms with Gasteiger partial charge in [-0.3, -0.25) is 4.90 Å². The van der Waals surface area contributed by atoms with Crippen LogP contribution in [0.1, 0.15) is 17.9 Å². The van der Waals surface area contributed by atoms with Crippen LogP contribution in [0.2, 0.25) is 0 Å². The van der Waals surface area contributed by atoms with Gasteiger partial charge in [0.15, 0.2) is 0 Å². The second-order valence-electron chi connectivity index (χ2n) is 7.31. The van der Waals surface area contributed by atoms with Gasteiger partial charge in [-0.25, -0.2) is 12.8 Å². The molecule has 0 radical (unpaired) electrons. The SMILES string of the molecule is Cc1ccccc1-c1noc(CN2CCCN(S(=O)(=O)c3ccc(F)cc3)CC2)n1. The minimum atomic E-state index is -3.65. The molecule has 0 unspecified atom stereocenters. The van der Waals surface area contributed by atoms with Gasteiger partial charge < -0.3 is 4.52 Å². The highest BCUT2D eigenvalue weighted by molar-refractivity contribution is 7.89. The fraction of sp³-hybridized carbons (Fsp3) is 0.333. The third-order valence-electron chi connectivity index (χ3n) is 5.21. The van der Waals surface area contributed by atoms with E-state index in [-0.39, 0.29) is 4.90 Å². The van der Waals surface area contributed by atoms with Crippen molar-refractivity contribution < 1.29 is 17.3 Å². The molecule has 7 nitrogen and oxygen atoms in total. The molecule has 158 valence electrons. The molecule has 2 heterocycles. The molecular weight excluding hydrogens is 407 g/mol. The second kappa shape index (κ2) is 8.63. The molecule has 1 saturated heterocycles. The molecule has 0 aliphatic carbocycles. The molecule has 30 heavy (non-hydrogen) atoms. The van der Waals surface area contributed by atoms with Gasteiger partial charge in [-0.2, -0.15) is 9.29 Å². The molecule has 4 rings (SSSR count). The average Bonchev–Trinajstić information content (AvgIpc) is 3.05. The fourth-order valence-corrected chi connectivity index (χ4v) is 5.01. The van der Waals surface area contributed by atoms with E-state index in [0.29, 0.717) is 44.3 Å². The zero-order valence-electron chi connectivity index (χ0n) is 16.7. The van der Waals surface area contributed by atoms with Crippen molar-refractivity contribution in [3.8, 4) is 11.4 Å². The summed E-state index contributed by atoms with van der Waals surface area (Å²) < 4.78 is 45.7. The van der Waals surface area contributed by atoms with Crippen LogP contribution < -0.4 is 0 Å². The highest BCUT2D eigenvalue weighted by atomic mass is 32.2. The maximum Gasteiger partial charge on any atom is 0.243 e. The Morgan fingerprint density at radius 2 is 1.80 bits per heavy atom. The summed E-state index contributed by atoms with van der Waals surface area (Å²) in [6.45, 7) is 4.48. The number of aryl methyl sites for hydroxylation is 1. The number of hydrogen-bond acceptors (Lipinski definition) is 6. The van der Waals surface area contributed by atoms with Crippen LogP contribution in [0.25, 0.3) is 11.4 Å². The quantitative estimate of drug-likeness (QED) is 0.619. The van der Waals surface area contributed by atoms with E-state index < -0.39 is 15.8 Å². The minimum absolute atomic E-state index is 0.108. The summed E-state index contributed by atoms with van der Waals surface area (Å²) in [6, 6.07) is 12.8. The van der Waals surface area contributed by atoms with Crippen LogP contribution in [-0.4, -0.2) is 53.9 Å². The lowest BCUT2D eigenvalue weighted by Crippen LogP contribution is -2.35. The molecule has 1 aromatic heterocycles. The highest BCUT2D eigenvalue weighted by Gasteiger charge is 2.27. The smallest absolute Gasteiger partial charge is 0.243 e. The summed E-state index contributed by atoms with van der Waals surface area (Å²) in [5.74, 6) is 0.599. The molecule has 0 spiro atoms. The Morgan fingerprint density at radius 1 is 1.03 bits per heavy atom. The normalized spacial score (nSPS) is 16.5. The summed E-state index contributed by atoms with van der Waals surface area (Å²) >= 11 is 0. The number of sulfonamides is 1. The van der Waals surface area contributed by atoms with Crippen LogP contribution in [0.5, 0.6) is 0 Å². The number of benzene rings is 2. The van der Waals surface area contributed by atoms with Gasteiger partial charge in [-0.1, -0.05) is 29.4 Å². The molecule has 3 aromatic rings. The van der Waals surface area contributed by atoms with Crippen molar-refractivity contribution in [1.29, 1.82) is 0 Å². The fourth-order valence-electron chi connectivity index (χ4n) is 3.54. The highest BCUT2D eigenvalue weighted by Crippen LogP contribution is 2.21. The predicted octanol–water partition coefficient (Wildman–Crippen LogP) is 3.08. The maximum absolute atomic E-state index is 13.1. The predicted molar refractivity (Wildman–Crippen MR) is 110 cm³/mol. The number of rotatable bonds is 5. The van der Waals surface area contributed by atoms with E-state index in [4.69, 9.17) is 4.52 Å². The number of hydrogen-bond donors (Lipinski definition) is 0. The van der Waals surface area contributed by atoms with E-state index in [1.54, 1.807) is 0 Å². The third-order valence-corrected chi connectivity index (χ3v) is 7.12. The number of nitrogens with zero attached hydrogens (tertiary/aromatic N) is 4. The summed E-state index contributed by atoms with van der Waals surface area (Å²) in [6.07, 6.45) is 0.680. The first-order valence-corrected chi connectivity index (χ1v) is 11.2. The molecule has 0 atom stereocenters. The largest absolute Gasteiger partial charge is 0.338 e. The Balaban J connectivity index is 1.42. The monoisotopic (exact) mass is 430 g/mol. The lowest BCUT2D eigenvalue weighted by molar-refractivity contribution is 0.236. The molecule has 9 heteroatoms. The molecular formula is C21H23FN4O3S. The van der Waals surface area contributed by atoms with Gasteiger partial charge in [0.1, 0.15) is 5.82 Å². The van der Waals surface area contributed by atoms with Crippen molar-refractivity contribution in [1.82, 2.24) is 19.3 Å². The minimum Gasteiger partial charge on any atom is -0.338 e. The first-order valence-electron chi connectivity index (χ1n) is 9.80. The van der Waals surface area contributed by atoms with Crippen LogP contribution >= 0.6 is 0 Å². The molecule has 1 fully saturated rings. The van der Waals surface area contributed by atoms with Crippen molar-refractivity contribution in [2.75, 3.05) is 26.2 Å². The second-order valence-corrected chi connectivity index (χ2v) is 9.25. The molecule has 0 amide bonds. The van der Waals surface area contributed by atoms with Gasteiger partial charge in [0, 0.05) is 25.2 Å². The number of halogens is 1. The van der Waals surface area contributed by atoms with Gasteiger partial charge in [0.05, 0.1) is 11.4 Å². The van der Waals surface area contributed by atoms with Crippen LogP contribution in [-0.2, 0) is 16.6 Å². The van der Waals surface area contributed by atoms with E-state index in [9.17, 15) is 12.8 Å². The van der Waals surface area contributed by atoms with Crippen molar-refractivity contribution >= 4 is 10.0 Å². The van der Waals surface area contributed by atoms with E-state index in [1.165, 1.54) is 28.6 Å². The van der Waals surface area contributed by atoms with Crippen molar-refractivity contribution in [2.45, 2.75) is 24.8 Å². The van der Waals surface area contributed by atoms with Crippen LogP contribution in [0.4, 0.5) is 4.39 Å². The lowest BCUT2D eigenvalue weighted by atomic mass is 10.1. The summed E-state index contributed by atoms with van der Waals surface area (Å²) in [4.78, 5) is 6.72. The molecule has 0 bridgehead atoms. The third kappa shape index (κ3) is 4.43. The van der Waals surface area contributed by atoms with Crippen LogP contribution in [0, 0.1) is 12.7 Å². The van der Waals surface area contributed by atoms with E-state index >= 15 is 0 Å². The van der Waals surface area contributed by atoms with Gasteiger partial charge >= 0.3 is 0 Å². The van der Waals surface area contributed by atoms with Gasteiger partial charge in [0.2, 0.25) is 21.7 Å². The zero-order chi connectivity index (χ0) is 21.1. The first kappa shape index (κ1) is 20.6. The van der Waals surface area contributed by atoms with Crippen molar-refractivity contribution in [3.63, 3.8) is 0 Å². The van der Waals surface area contributed by atoms with Crippen LogP contribution in [0.3, 0.4) is 0 Å². The van der Waals surface area contributed by atoms with E-state index in [2.05, 4.69) is 15.0 Å². The molecule has 1 aliphatic rings. The summed E-state index contributed by atoms with van der Waals surface area (Å²) in [7, 11) is -3.65. The van der Waals surface area contributed by atoms with Crippen molar-refractivity contribution in [3.05, 3.63) is 65.8 Å². The molecule has 2 aromatic carbocycles. The Hall–Kier alpha value is -2.62. The Kier molecular flexibility index (Phi) is 5.94. The van der Waals surface area contributed by atoms with E-state index in [0.717, 1.165) is 17.7 Å².